The van der Waals surface area contributed by atoms with Crippen LogP contribution in [-0.4, -0.2) is 23.4 Å². The van der Waals surface area contributed by atoms with Gasteiger partial charge in [0.2, 0.25) is 0 Å². The van der Waals surface area contributed by atoms with Crippen molar-refractivity contribution in [1.82, 2.24) is 0 Å². The van der Waals surface area contributed by atoms with Gasteiger partial charge in [-0.05, 0) is 24.1 Å². The third-order valence-corrected chi connectivity index (χ3v) is 3.54. The van der Waals surface area contributed by atoms with Gasteiger partial charge in [0.25, 0.3) is 0 Å². The van der Waals surface area contributed by atoms with Crippen LogP contribution < -0.4 is 0 Å². The van der Waals surface area contributed by atoms with Crippen molar-refractivity contribution in [1.29, 1.82) is 0 Å². The summed E-state index contributed by atoms with van der Waals surface area (Å²) in [5.41, 5.74) is 0.500. The van der Waals surface area contributed by atoms with Gasteiger partial charge >= 0.3 is 0 Å². The third-order valence-electron chi connectivity index (χ3n) is 3.05. The quantitative estimate of drug-likeness (QED) is 0.844. The van der Waals surface area contributed by atoms with Gasteiger partial charge in [-0.25, -0.2) is 0 Å². The molecule has 0 fully saturated rings. The molecular formula is C13H19BrO2. The molecule has 1 aromatic rings. The molecule has 2 N–H and O–H groups in total. The van der Waals surface area contributed by atoms with E-state index in [1.165, 1.54) is 0 Å². The Morgan fingerprint density at radius 3 is 2.44 bits per heavy atom. The van der Waals surface area contributed by atoms with E-state index in [2.05, 4.69) is 22.9 Å². The Kier molecular flexibility index (Phi) is 5.46. The van der Waals surface area contributed by atoms with Crippen molar-refractivity contribution in [2.24, 2.45) is 0 Å². The Labute approximate surface area is 105 Å². The Hall–Kier alpha value is -0.380. The molecule has 0 saturated carbocycles. The summed E-state index contributed by atoms with van der Waals surface area (Å²) in [6.45, 7) is 2.08. The number of rotatable bonds is 6. The molecule has 1 aromatic carbocycles. The molecule has 0 amide bonds. The van der Waals surface area contributed by atoms with Gasteiger partial charge in [0.15, 0.2) is 0 Å². The fourth-order valence-corrected chi connectivity index (χ4v) is 2.27. The van der Waals surface area contributed by atoms with Gasteiger partial charge in [0, 0.05) is 9.89 Å². The topological polar surface area (TPSA) is 40.5 Å². The fourth-order valence-electron chi connectivity index (χ4n) is 1.87. The van der Waals surface area contributed by atoms with Gasteiger partial charge in [-0.3, -0.25) is 0 Å². The van der Waals surface area contributed by atoms with Crippen LogP contribution in [0.15, 0.2) is 28.7 Å². The van der Waals surface area contributed by atoms with Crippen LogP contribution in [0.3, 0.4) is 0 Å². The van der Waals surface area contributed by atoms with Crippen molar-refractivity contribution in [2.45, 2.75) is 31.6 Å². The van der Waals surface area contributed by atoms with E-state index in [1.54, 1.807) is 0 Å². The molecule has 3 heteroatoms. The molecule has 0 bridgehead atoms. The van der Waals surface area contributed by atoms with E-state index >= 15 is 0 Å². The summed E-state index contributed by atoms with van der Waals surface area (Å²) in [6, 6.07) is 7.82. The lowest BCUT2D eigenvalue weighted by Gasteiger charge is -2.30. The Morgan fingerprint density at radius 1 is 1.25 bits per heavy atom. The molecule has 16 heavy (non-hydrogen) atoms. The average Bonchev–Trinajstić information content (AvgIpc) is 2.31. The first kappa shape index (κ1) is 13.7. The second kappa shape index (κ2) is 6.38. The van der Waals surface area contributed by atoms with E-state index in [-0.39, 0.29) is 13.2 Å². The molecule has 0 heterocycles. The minimum atomic E-state index is -0.500. The summed E-state index contributed by atoms with van der Waals surface area (Å²) < 4.78 is 0.979. The van der Waals surface area contributed by atoms with Gasteiger partial charge in [-0.2, -0.15) is 0 Å². The van der Waals surface area contributed by atoms with E-state index in [0.717, 1.165) is 29.3 Å². The van der Waals surface area contributed by atoms with Crippen molar-refractivity contribution in [2.75, 3.05) is 13.2 Å². The fraction of sp³-hybridized carbons (Fsp3) is 0.538. The summed E-state index contributed by atoms with van der Waals surface area (Å²) >= 11 is 3.42. The number of aliphatic hydroxyl groups excluding tert-OH is 2. The minimum Gasteiger partial charge on any atom is -0.395 e. The van der Waals surface area contributed by atoms with Gasteiger partial charge in [-0.15, -0.1) is 0 Å². The Balaban J connectivity index is 2.99. The predicted octanol–water partition coefficient (Wildman–Crippen LogP) is 2.86. The number of benzene rings is 1. The van der Waals surface area contributed by atoms with E-state index < -0.39 is 5.41 Å². The normalized spacial score (nSPS) is 11.8. The van der Waals surface area contributed by atoms with Gasteiger partial charge in [0.1, 0.15) is 0 Å². The molecule has 0 aliphatic heterocycles. The molecule has 0 aliphatic carbocycles. The lowest BCUT2D eigenvalue weighted by atomic mass is 9.78. The summed E-state index contributed by atoms with van der Waals surface area (Å²) in [7, 11) is 0. The molecule has 0 saturated heterocycles. The van der Waals surface area contributed by atoms with Crippen molar-refractivity contribution < 1.29 is 10.2 Å². The lowest BCUT2D eigenvalue weighted by Crippen LogP contribution is -2.34. The zero-order valence-corrected chi connectivity index (χ0v) is 11.2. The maximum Gasteiger partial charge on any atom is 0.0550 e. The molecule has 0 aliphatic rings. The van der Waals surface area contributed by atoms with E-state index in [0.29, 0.717) is 0 Å². The standard InChI is InChI=1S/C13H19BrO2/c1-2-3-7-13(9-15,10-16)11-5-4-6-12(14)8-11/h4-6,8,15-16H,2-3,7,9-10H2,1H3. The lowest BCUT2D eigenvalue weighted by molar-refractivity contribution is 0.107. The molecule has 0 atom stereocenters. The monoisotopic (exact) mass is 286 g/mol. The highest BCUT2D eigenvalue weighted by molar-refractivity contribution is 9.10. The van der Waals surface area contributed by atoms with Crippen LogP contribution in [0.5, 0.6) is 0 Å². The van der Waals surface area contributed by atoms with Crippen LogP contribution in [-0.2, 0) is 5.41 Å². The highest BCUT2D eigenvalue weighted by atomic mass is 79.9. The summed E-state index contributed by atoms with van der Waals surface area (Å²) in [6.07, 6.45) is 2.89. The molecule has 2 nitrogen and oxygen atoms in total. The number of aliphatic hydroxyl groups is 2. The van der Waals surface area contributed by atoms with Crippen molar-refractivity contribution in [3.8, 4) is 0 Å². The van der Waals surface area contributed by atoms with E-state index in [1.807, 2.05) is 24.3 Å². The Bertz CT molecular complexity index is 321. The molecule has 0 unspecified atom stereocenters. The maximum absolute atomic E-state index is 9.57. The zero-order chi connectivity index (χ0) is 12.0. The number of hydrogen-bond donors (Lipinski definition) is 2. The number of hydrogen-bond acceptors (Lipinski definition) is 2. The second-order valence-electron chi connectivity index (χ2n) is 4.21. The Morgan fingerprint density at radius 2 is 1.94 bits per heavy atom. The van der Waals surface area contributed by atoms with Gasteiger partial charge in [0.05, 0.1) is 13.2 Å². The second-order valence-corrected chi connectivity index (χ2v) is 5.13. The van der Waals surface area contributed by atoms with Gasteiger partial charge in [-0.1, -0.05) is 47.8 Å². The summed E-state index contributed by atoms with van der Waals surface area (Å²) in [5, 5.41) is 19.1. The highest BCUT2D eigenvalue weighted by Crippen LogP contribution is 2.30. The third kappa shape index (κ3) is 3.06. The van der Waals surface area contributed by atoms with Crippen molar-refractivity contribution in [3.63, 3.8) is 0 Å². The molecule has 0 aromatic heterocycles. The van der Waals surface area contributed by atoms with Crippen LogP contribution >= 0.6 is 15.9 Å². The summed E-state index contributed by atoms with van der Waals surface area (Å²) in [5.74, 6) is 0. The number of unbranched alkanes of at least 4 members (excludes halogenated alkanes) is 1. The first-order valence-electron chi connectivity index (χ1n) is 5.66. The minimum absolute atomic E-state index is 0.0139. The first-order valence-corrected chi connectivity index (χ1v) is 6.45. The van der Waals surface area contributed by atoms with Crippen molar-refractivity contribution in [3.05, 3.63) is 34.3 Å². The predicted molar refractivity (Wildman–Crippen MR) is 69.5 cm³/mol. The zero-order valence-electron chi connectivity index (χ0n) is 9.62. The first-order chi connectivity index (χ1) is 7.68. The molecular weight excluding hydrogens is 268 g/mol. The molecule has 90 valence electrons. The SMILES string of the molecule is CCCCC(CO)(CO)c1cccc(Br)c1. The highest BCUT2D eigenvalue weighted by Gasteiger charge is 2.30. The van der Waals surface area contributed by atoms with Gasteiger partial charge < -0.3 is 10.2 Å². The average molecular weight is 287 g/mol. The van der Waals surface area contributed by atoms with E-state index in [9.17, 15) is 10.2 Å². The van der Waals surface area contributed by atoms with Crippen LogP contribution in [0.2, 0.25) is 0 Å². The largest absolute Gasteiger partial charge is 0.395 e. The number of halogens is 1. The van der Waals surface area contributed by atoms with Crippen LogP contribution in [0.1, 0.15) is 31.7 Å². The van der Waals surface area contributed by atoms with Crippen LogP contribution in [0.4, 0.5) is 0 Å². The molecule has 1 rings (SSSR count). The summed E-state index contributed by atoms with van der Waals surface area (Å²) in [4.78, 5) is 0. The molecule has 0 radical (unpaired) electrons. The maximum atomic E-state index is 9.57. The van der Waals surface area contributed by atoms with Crippen molar-refractivity contribution >= 4 is 15.9 Å². The molecule has 0 spiro atoms. The van der Waals surface area contributed by atoms with Crippen LogP contribution in [0.25, 0.3) is 0 Å². The smallest absolute Gasteiger partial charge is 0.0550 e. The van der Waals surface area contributed by atoms with E-state index in [4.69, 9.17) is 0 Å². The van der Waals surface area contributed by atoms with Crippen LogP contribution in [0, 0.1) is 0 Å².